The molecule has 0 bridgehead atoms. The molecule has 250 valence electrons. The fourth-order valence-electron chi connectivity index (χ4n) is 7.57. The third-order valence-corrected chi connectivity index (χ3v) is 10.0. The summed E-state index contributed by atoms with van der Waals surface area (Å²) in [7, 11) is 0. The predicted octanol–water partition coefficient (Wildman–Crippen LogP) is 10.8. The molecule has 7 nitrogen and oxygen atoms in total. The third-order valence-electron chi connectivity index (χ3n) is 10.0. The van der Waals surface area contributed by atoms with Crippen LogP contribution in [-0.2, 0) is 0 Å². The molecule has 0 N–H and O–H groups in total. The number of nitrogens with zero attached hydrogens (tertiary/aromatic N) is 7. The van der Waals surface area contributed by atoms with Gasteiger partial charge in [-0.3, -0.25) is 0 Å². The maximum Gasteiger partial charge on any atom is 0.164 e. The van der Waals surface area contributed by atoms with E-state index in [1.165, 1.54) is 0 Å². The Hall–Kier alpha value is -7.87. The van der Waals surface area contributed by atoms with E-state index in [0.29, 0.717) is 28.6 Å². The first-order valence-corrected chi connectivity index (χ1v) is 17.6. The predicted molar refractivity (Wildman–Crippen MR) is 214 cm³/mol. The number of nitriles is 2. The summed E-state index contributed by atoms with van der Waals surface area (Å²) >= 11 is 0. The molecule has 0 aliphatic rings. The first-order valence-electron chi connectivity index (χ1n) is 17.6. The van der Waals surface area contributed by atoms with Crippen molar-refractivity contribution in [3.63, 3.8) is 0 Å². The van der Waals surface area contributed by atoms with Crippen LogP contribution in [0.3, 0.4) is 0 Å². The molecule has 10 rings (SSSR count). The number of para-hydroxylation sites is 2. The number of hydrogen-bond acceptors (Lipinski definition) is 5. The van der Waals surface area contributed by atoms with Gasteiger partial charge in [-0.15, -0.1) is 0 Å². The Labute approximate surface area is 309 Å². The second-order valence-electron chi connectivity index (χ2n) is 13.1. The first-order chi connectivity index (χ1) is 26.7. The zero-order valence-corrected chi connectivity index (χ0v) is 28.7. The van der Waals surface area contributed by atoms with Crippen LogP contribution in [0.25, 0.3) is 89.2 Å². The number of aromatic nitrogens is 5. The van der Waals surface area contributed by atoms with Gasteiger partial charge in [0.2, 0.25) is 0 Å². The lowest BCUT2D eigenvalue weighted by Gasteiger charge is -2.18. The van der Waals surface area contributed by atoms with Crippen molar-refractivity contribution >= 4 is 43.6 Å². The lowest BCUT2D eigenvalue weighted by atomic mass is 10.1. The maximum atomic E-state index is 9.87. The Bertz CT molecular complexity index is 3120. The smallest absolute Gasteiger partial charge is 0.164 e. The van der Waals surface area contributed by atoms with Gasteiger partial charge in [0.1, 0.15) is 0 Å². The highest BCUT2D eigenvalue weighted by Crippen LogP contribution is 2.40. The molecule has 7 heteroatoms. The van der Waals surface area contributed by atoms with Crippen molar-refractivity contribution in [1.82, 2.24) is 24.1 Å². The Kier molecular flexibility index (Phi) is 7.11. The van der Waals surface area contributed by atoms with Gasteiger partial charge in [-0.1, -0.05) is 97.1 Å². The fraction of sp³-hybridized carbons (Fsp3) is 0. The molecule has 0 saturated carbocycles. The largest absolute Gasteiger partial charge is 0.307 e. The van der Waals surface area contributed by atoms with Gasteiger partial charge in [-0.2, -0.15) is 10.5 Å². The average molecular weight is 690 g/mol. The van der Waals surface area contributed by atoms with Gasteiger partial charge in [0.15, 0.2) is 17.5 Å². The van der Waals surface area contributed by atoms with Crippen LogP contribution in [0.5, 0.6) is 0 Å². The molecular weight excluding hydrogens is 663 g/mol. The second kappa shape index (κ2) is 12.4. The summed E-state index contributed by atoms with van der Waals surface area (Å²) < 4.78 is 4.54. The zero-order chi connectivity index (χ0) is 36.2. The maximum absolute atomic E-state index is 9.87. The topological polar surface area (TPSA) is 96.1 Å². The van der Waals surface area contributed by atoms with Crippen molar-refractivity contribution in [1.29, 1.82) is 10.5 Å². The number of fused-ring (bicyclic) bond motifs is 6. The van der Waals surface area contributed by atoms with Crippen LogP contribution in [0.1, 0.15) is 11.1 Å². The fourth-order valence-corrected chi connectivity index (χ4v) is 7.57. The summed E-state index contributed by atoms with van der Waals surface area (Å²) in [5, 5.41) is 23.8. The average Bonchev–Trinajstić information content (AvgIpc) is 3.75. The van der Waals surface area contributed by atoms with Gasteiger partial charge in [0.25, 0.3) is 0 Å². The van der Waals surface area contributed by atoms with Crippen molar-refractivity contribution in [2.75, 3.05) is 0 Å². The van der Waals surface area contributed by atoms with Crippen LogP contribution in [-0.4, -0.2) is 24.1 Å². The molecular formula is C47H27N7. The van der Waals surface area contributed by atoms with E-state index in [9.17, 15) is 10.5 Å². The van der Waals surface area contributed by atoms with Gasteiger partial charge in [0, 0.05) is 38.2 Å². The van der Waals surface area contributed by atoms with Crippen molar-refractivity contribution in [3.05, 3.63) is 175 Å². The number of hydrogen-bond donors (Lipinski definition) is 0. The van der Waals surface area contributed by atoms with Gasteiger partial charge in [0.05, 0.1) is 56.7 Å². The van der Waals surface area contributed by atoms with Crippen LogP contribution < -0.4 is 0 Å². The normalized spacial score (nSPS) is 11.3. The van der Waals surface area contributed by atoms with Crippen LogP contribution >= 0.6 is 0 Å². The third kappa shape index (κ3) is 4.92. The Morgan fingerprint density at radius 3 is 1.28 bits per heavy atom. The summed E-state index contributed by atoms with van der Waals surface area (Å²) in [5.41, 5.74) is 9.61. The summed E-state index contributed by atoms with van der Waals surface area (Å²) in [4.78, 5) is 15.1. The minimum atomic E-state index is 0.545. The molecule has 0 spiro atoms. The molecule has 7 aromatic carbocycles. The van der Waals surface area contributed by atoms with E-state index in [1.54, 1.807) is 0 Å². The van der Waals surface area contributed by atoms with Crippen molar-refractivity contribution in [2.24, 2.45) is 0 Å². The summed E-state index contributed by atoms with van der Waals surface area (Å²) in [5.74, 6) is 1.72. The SMILES string of the molecule is N#Cc1ccc2c(c1)c1ccccc1n2-c1ccc(-c2nc(-c3ccccc3)nc(-c3ccccc3)n2)cc1-n1c2ccccc2c2cc(C#N)ccc21. The lowest BCUT2D eigenvalue weighted by Crippen LogP contribution is -2.05. The quantitative estimate of drug-likeness (QED) is 0.179. The van der Waals surface area contributed by atoms with Gasteiger partial charge in [-0.25, -0.2) is 15.0 Å². The van der Waals surface area contributed by atoms with E-state index in [1.807, 2.05) is 121 Å². The lowest BCUT2D eigenvalue weighted by molar-refractivity contribution is 1.06. The van der Waals surface area contributed by atoms with E-state index in [0.717, 1.165) is 71.7 Å². The van der Waals surface area contributed by atoms with Gasteiger partial charge in [-0.05, 0) is 66.7 Å². The molecule has 10 aromatic rings. The molecule has 0 aliphatic heterocycles. The Morgan fingerprint density at radius 2 is 0.778 bits per heavy atom. The molecule has 0 saturated heterocycles. The monoisotopic (exact) mass is 689 g/mol. The summed E-state index contributed by atoms with van der Waals surface area (Å²) in [6, 6.07) is 59.3. The van der Waals surface area contributed by atoms with E-state index in [4.69, 9.17) is 15.0 Å². The van der Waals surface area contributed by atoms with E-state index in [-0.39, 0.29) is 0 Å². The van der Waals surface area contributed by atoms with E-state index >= 15 is 0 Å². The van der Waals surface area contributed by atoms with Crippen molar-refractivity contribution in [2.45, 2.75) is 0 Å². The van der Waals surface area contributed by atoms with Crippen LogP contribution in [0.2, 0.25) is 0 Å². The number of rotatable bonds is 5. The first kappa shape index (κ1) is 30.9. The molecule has 0 unspecified atom stereocenters. The molecule has 0 fully saturated rings. The van der Waals surface area contributed by atoms with E-state index in [2.05, 4.69) is 63.7 Å². The highest BCUT2D eigenvalue weighted by molar-refractivity contribution is 6.12. The second-order valence-corrected chi connectivity index (χ2v) is 13.1. The summed E-state index contributed by atoms with van der Waals surface area (Å²) in [6.07, 6.45) is 0. The molecule has 0 atom stereocenters. The minimum Gasteiger partial charge on any atom is -0.307 e. The summed E-state index contributed by atoms with van der Waals surface area (Å²) in [6.45, 7) is 0. The van der Waals surface area contributed by atoms with Crippen molar-refractivity contribution < 1.29 is 0 Å². The van der Waals surface area contributed by atoms with Gasteiger partial charge < -0.3 is 9.13 Å². The number of benzene rings is 7. The van der Waals surface area contributed by atoms with Crippen molar-refractivity contribution in [3.8, 4) is 57.7 Å². The van der Waals surface area contributed by atoms with Crippen LogP contribution in [0, 0.1) is 22.7 Å². The molecule has 3 aromatic heterocycles. The highest BCUT2D eigenvalue weighted by atomic mass is 15.1. The minimum absolute atomic E-state index is 0.545. The molecule has 0 aliphatic carbocycles. The Morgan fingerprint density at radius 1 is 0.352 bits per heavy atom. The molecule has 3 heterocycles. The molecule has 0 radical (unpaired) electrons. The molecule has 0 amide bonds. The van der Waals surface area contributed by atoms with E-state index < -0.39 is 0 Å². The highest BCUT2D eigenvalue weighted by Gasteiger charge is 2.22. The van der Waals surface area contributed by atoms with Gasteiger partial charge >= 0.3 is 0 Å². The Balaban J connectivity index is 1.31. The van der Waals surface area contributed by atoms with Crippen LogP contribution in [0.15, 0.2) is 164 Å². The molecule has 54 heavy (non-hydrogen) atoms. The van der Waals surface area contributed by atoms with Crippen LogP contribution in [0.4, 0.5) is 0 Å². The zero-order valence-electron chi connectivity index (χ0n) is 28.7. The standard InChI is InChI=1S/C47H27N7/c48-28-30-19-22-41-37(25-30)35-15-7-9-17-39(35)53(41)43-24-21-34(27-44(43)54-40-18-10-8-16-36(40)38-26-31(29-49)20-23-42(38)54)47-51-45(32-11-3-1-4-12-32)50-46(52-47)33-13-5-2-6-14-33/h1-27H.